The molecule has 0 aliphatic carbocycles. The average molecular weight is 580 g/mol. The van der Waals surface area contributed by atoms with Crippen molar-refractivity contribution in [2.45, 2.75) is 37.6 Å². The van der Waals surface area contributed by atoms with Crippen LogP contribution in [0.1, 0.15) is 38.9 Å². The molecule has 9 rings (SSSR count). The number of nitrogens with one attached hydrogen (secondary N) is 2. The standard InChI is InChI=1S/C33H23F2N3O5/c34-16-6-8-21-19(10-16)24-26-27(32(40)37-31(26)39)25-20-11-17(35)7-9-22(20)38(29(25)28(24)36-21)33-30(23-12-18(43-33)14-41-23)42-13-15-4-2-1-3-5-15/h1-11,18,23,30,33,36H,12-14H2,(H,37,39,40)/t18?,23?,30?,33-/m1/s1. The topological polar surface area (TPSA) is 94.6 Å². The summed E-state index contributed by atoms with van der Waals surface area (Å²) in [6, 6.07) is 18.4. The van der Waals surface area contributed by atoms with Crippen molar-refractivity contribution in [3.63, 3.8) is 0 Å². The van der Waals surface area contributed by atoms with Crippen molar-refractivity contribution in [3.8, 4) is 0 Å². The number of fused-ring (bicyclic) bond motifs is 12. The van der Waals surface area contributed by atoms with Crippen LogP contribution in [0.3, 0.4) is 0 Å². The second-order valence-corrected chi connectivity index (χ2v) is 11.4. The van der Waals surface area contributed by atoms with E-state index in [1.807, 2.05) is 34.9 Å². The van der Waals surface area contributed by atoms with Gasteiger partial charge in [0.1, 0.15) is 17.7 Å². The van der Waals surface area contributed by atoms with Crippen molar-refractivity contribution < 1.29 is 32.6 Å². The van der Waals surface area contributed by atoms with Gasteiger partial charge in [-0.2, -0.15) is 0 Å². The van der Waals surface area contributed by atoms with Crippen LogP contribution >= 0.6 is 0 Å². The summed E-state index contributed by atoms with van der Waals surface area (Å²) < 4.78 is 50.7. The van der Waals surface area contributed by atoms with Gasteiger partial charge in [-0.25, -0.2) is 8.78 Å². The predicted octanol–water partition coefficient (Wildman–Crippen LogP) is 5.86. The summed E-state index contributed by atoms with van der Waals surface area (Å²) in [6.07, 6.45) is -1.05. The van der Waals surface area contributed by atoms with E-state index < -0.39 is 35.8 Å². The van der Waals surface area contributed by atoms with Gasteiger partial charge in [0.25, 0.3) is 11.8 Å². The Kier molecular flexibility index (Phi) is 5.18. The van der Waals surface area contributed by atoms with Crippen LogP contribution in [0.2, 0.25) is 0 Å². The molecule has 2 saturated heterocycles. The minimum absolute atomic E-state index is 0.129. The molecule has 0 saturated carbocycles. The minimum atomic E-state index is -0.718. The number of benzene rings is 4. The van der Waals surface area contributed by atoms with E-state index >= 15 is 0 Å². The summed E-state index contributed by atoms with van der Waals surface area (Å²) >= 11 is 0. The highest BCUT2D eigenvalue weighted by Gasteiger charge is 2.47. The lowest BCUT2D eigenvalue weighted by molar-refractivity contribution is -0.174. The SMILES string of the molecule is O=C1NC(=O)c2c1c1c3cc(F)ccc3[nH]c1c1c2c2cc(F)ccc2n1[C@@H]1OC2COC(C2)C1OCc1ccccc1. The van der Waals surface area contributed by atoms with Crippen LogP contribution in [-0.4, -0.2) is 46.3 Å². The second kappa shape index (κ2) is 8.93. The summed E-state index contributed by atoms with van der Waals surface area (Å²) in [7, 11) is 0. The Morgan fingerprint density at radius 3 is 2.47 bits per heavy atom. The van der Waals surface area contributed by atoms with Crippen LogP contribution < -0.4 is 5.32 Å². The van der Waals surface area contributed by atoms with Crippen LogP contribution in [-0.2, 0) is 20.8 Å². The molecule has 2 amide bonds. The molecule has 2 N–H and O–H groups in total. The molecule has 2 fully saturated rings. The zero-order chi connectivity index (χ0) is 29.0. The predicted molar refractivity (Wildman–Crippen MR) is 154 cm³/mol. The lowest BCUT2D eigenvalue weighted by atomic mass is 9.96. The minimum Gasteiger partial charge on any atom is -0.373 e. The van der Waals surface area contributed by atoms with Gasteiger partial charge in [-0.1, -0.05) is 30.3 Å². The van der Waals surface area contributed by atoms with E-state index in [4.69, 9.17) is 14.2 Å². The maximum Gasteiger partial charge on any atom is 0.259 e. The molecule has 8 nitrogen and oxygen atoms in total. The third-order valence-electron chi connectivity index (χ3n) is 8.90. The Labute approximate surface area is 242 Å². The molecule has 0 radical (unpaired) electrons. The smallest absolute Gasteiger partial charge is 0.259 e. The van der Waals surface area contributed by atoms with Crippen molar-refractivity contribution in [1.29, 1.82) is 0 Å². The number of ether oxygens (including phenoxy) is 3. The van der Waals surface area contributed by atoms with Crippen LogP contribution in [0.5, 0.6) is 0 Å². The molecule has 3 aliphatic rings. The highest BCUT2D eigenvalue weighted by atomic mass is 19.1. The highest BCUT2D eigenvalue weighted by Crippen LogP contribution is 2.47. The van der Waals surface area contributed by atoms with Crippen LogP contribution in [0.4, 0.5) is 8.78 Å². The Morgan fingerprint density at radius 1 is 0.907 bits per heavy atom. The van der Waals surface area contributed by atoms with Crippen molar-refractivity contribution in [2.75, 3.05) is 6.61 Å². The third kappa shape index (κ3) is 3.51. The molecule has 3 aliphatic heterocycles. The normalized spacial score (nSPS) is 23.2. The first-order valence-electron chi connectivity index (χ1n) is 14.1. The number of carbonyl (C=O) groups excluding carboxylic acids is 2. The van der Waals surface area contributed by atoms with E-state index in [1.165, 1.54) is 24.3 Å². The van der Waals surface area contributed by atoms with Crippen molar-refractivity contribution in [3.05, 3.63) is 95.1 Å². The highest BCUT2D eigenvalue weighted by molar-refractivity contribution is 6.39. The number of carbonyl (C=O) groups is 2. The summed E-state index contributed by atoms with van der Waals surface area (Å²) in [4.78, 5) is 30.1. The van der Waals surface area contributed by atoms with Gasteiger partial charge >= 0.3 is 0 Å². The van der Waals surface area contributed by atoms with E-state index in [2.05, 4.69) is 10.3 Å². The molecule has 4 aromatic carbocycles. The van der Waals surface area contributed by atoms with Crippen LogP contribution in [0.25, 0.3) is 43.6 Å². The number of aromatic amines is 1. The fourth-order valence-corrected chi connectivity index (χ4v) is 7.16. The largest absolute Gasteiger partial charge is 0.373 e. The molecule has 214 valence electrons. The zero-order valence-corrected chi connectivity index (χ0v) is 22.5. The van der Waals surface area contributed by atoms with E-state index in [0.29, 0.717) is 63.2 Å². The number of imide groups is 1. The Balaban J connectivity index is 1.38. The number of H-pyrrole nitrogens is 1. The number of halogens is 2. The molecule has 2 aromatic heterocycles. The number of hydrogen-bond acceptors (Lipinski definition) is 5. The molecule has 4 atom stereocenters. The number of nitrogens with zero attached hydrogens (tertiary/aromatic N) is 1. The van der Waals surface area contributed by atoms with Gasteiger partial charge in [-0.05, 0) is 42.0 Å². The number of rotatable bonds is 4. The van der Waals surface area contributed by atoms with Gasteiger partial charge in [0, 0.05) is 33.5 Å². The van der Waals surface area contributed by atoms with Crippen molar-refractivity contribution in [2.24, 2.45) is 0 Å². The van der Waals surface area contributed by atoms with Crippen molar-refractivity contribution >= 4 is 55.4 Å². The van der Waals surface area contributed by atoms with Gasteiger partial charge in [-0.3, -0.25) is 14.9 Å². The zero-order valence-electron chi connectivity index (χ0n) is 22.5. The molecular weight excluding hydrogens is 556 g/mol. The summed E-state index contributed by atoms with van der Waals surface area (Å²) in [5.74, 6) is -2.15. The summed E-state index contributed by atoms with van der Waals surface area (Å²) in [6.45, 7) is 0.723. The van der Waals surface area contributed by atoms with Gasteiger partial charge in [-0.15, -0.1) is 0 Å². The second-order valence-electron chi connectivity index (χ2n) is 11.4. The fourth-order valence-electron chi connectivity index (χ4n) is 7.16. The first-order valence-corrected chi connectivity index (χ1v) is 14.1. The monoisotopic (exact) mass is 579 g/mol. The quantitative estimate of drug-likeness (QED) is 0.255. The Hall–Kier alpha value is -4.64. The molecule has 2 bridgehead atoms. The van der Waals surface area contributed by atoms with Crippen LogP contribution in [0, 0.1) is 11.6 Å². The van der Waals surface area contributed by atoms with Gasteiger partial charge in [0.2, 0.25) is 0 Å². The summed E-state index contributed by atoms with van der Waals surface area (Å²) in [5, 5.41) is 4.16. The Morgan fingerprint density at radius 2 is 1.65 bits per heavy atom. The van der Waals surface area contributed by atoms with E-state index in [9.17, 15) is 18.4 Å². The van der Waals surface area contributed by atoms with E-state index in [1.54, 1.807) is 12.1 Å². The molecule has 3 unspecified atom stereocenters. The van der Waals surface area contributed by atoms with Gasteiger partial charge in [0.15, 0.2) is 6.23 Å². The number of amides is 2. The molecule has 5 heterocycles. The maximum atomic E-state index is 14.9. The molecule has 0 spiro atoms. The first kappa shape index (κ1) is 24.9. The number of aromatic nitrogens is 2. The first-order chi connectivity index (χ1) is 21.0. The molecule has 6 aromatic rings. The Bertz CT molecular complexity index is 2170. The van der Waals surface area contributed by atoms with Crippen LogP contribution in [0.15, 0.2) is 66.7 Å². The molecule has 10 heteroatoms. The molecular formula is C33H23F2N3O5. The summed E-state index contributed by atoms with van der Waals surface area (Å²) in [5.41, 5.74) is 3.49. The molecule has 43 heavy (non-hydrogen) atoms. The van der Waals surface area contributed by atoms with E-state index in [0.717, 1.165) is 5.56 Å². The fraction of sp³-hybridized carbons (Fsp3) is 0.212. The van der Waals surface area contributed by atoms with Gasteiger partial charge in [0.05, 0.1) is 53.1 Å². The van der Waals surface area contributed by atoms with Crippen molar-refractivity contribution in [1.82, 2.24) is 14.9 Å². The average Bonchev–Trinajstić information content (AvgIpc) is 3.74. The maximum absolute atomic E-state index is 14.9. The number of hydrogen-bond donors (Lipinski definition) is 2. The lowest BCUT2D eigenvalue weighted by Gasteiger charge is -2.37. The lowest BCUT2D eigenvalue weighted by Crippen LogP contribution is -2.43. The van der Waals surface area contributed by atoms with E-state index in [-0.39, 0.29) is 23.3 Å². The van der Waals surface area contributed by atoms with Gasteiger partial charge < -0.3 is 23.8 Å². The third-order valence-corrected chi connectivity index (χ3v) is 8.90.